The molecule has 70 valence electrons. The van der Waals surface area contributed by atoms with Crippen molar-refractivity contribution < 1.29 is 14.3 Å². The second kappa shape index (κ2) is 6.02. The number of alkyl halides is 1. The molecule has 2 N–H and O–H groups in total. The lowest BCUT2D eigenvalue weighted by atomic mass is 10.2. The van der Waals surface area contributed by atoms with Crippen molar-refractivity contribution in [1.82, 2.24) is 5.32 Å². The minimum atomic E-state index is -1.48. The molecule has 0 aromatic heterocycles. The maximum atomic E-state index is 12.5. The minimum absolute atomic E-state index is 0.284. The lowest BCUT2D eigenvalue weighted by Gasteiger charge is -2.13. The SMILES string of the molecule is C=CC(F)NC(CCS)C(=O)O. The fourth-order valence-electron chi connectivity index (χ4n) is 0.667. The van der Waals surface area contributed by atoms with Gasteiger partial charge in [0.05, 0.1) is 0 Å². The van der Waals surface area contributed by atoms with Gasteiger partial charge in [0.1, 0.15) is 6.04 Å². The van der Waals surface area contributed by atoms with Crippen molar-refractivity contribution in [2.24, 2.45) is 0 Å². The molecule has 0 bridgehead atoms. The van der Waals surface area contributed by atoms with E-state index in [0.29, 0.717) is 5.75 Å². The maximum Gasteiger partial charge on any atom is 0.320 e. The van der Waals surface area contributed by atoms with Crippen LogP contribution in [0.25, 0.3) is 0 Å². The average Bonchev–Trinajstić information content (AvgIpc) is 2.03. The highest BCUT2D eigenvalue weighted by Gasteiger charge is 2.18. The quantitative estimate of drug-likeness (QED) is 0.333. The topological polar surface area (TPSA) is 49.3 Å². The first-order valence-corrected chi connectivity index (χ1v) is 4.11. The Morgan fingerprint density at radius 3 is 2.75 bits per heavy atom. The lowest BCUT2D eigenvalue weighted by Crippen LogP contribution is -2.40. The van der Waals surface area contributed by atoms with Gasteiger partial charge in [-0.05, 0) is 18.2 Å². The summed E-state index contributed by atoms with van der Waals surface area (Å²) in [5.74, 6) is -0.679. The van der Waals surface area contributed by atoms with E-state index in [-0.39, 0.29) is 6.42 Å². The van der Waals surface area contributed by atoms with Crippen LogP contribution >= 0.6 is 12.6 Å². The number of carboxylic acid groups (broad SMARTS) is 1. The normalized spacial score (nSPS) is 15.2. The van der Waals surface area contributed by atoms with Gasteiger partial charge >= 0.3 is 5.97 Å². The van der Waals surface area contributed by atoms with Crippen LogP contribution in [0.15, 0.2) is 12.7 Å². The molecule has 0 radical (unpaired) electrons. The molecule has 0 aliphatic rings. The molecule has 0 saturated heterocycles. The molecule has 12 heavy (non-hydrogen) atoms. The van der Waals surface area contributed by atoms with Gasteiger partial charge in [0, 0.05) is 0 Å². The highest BCUT2D eigenvalue weighted by molar-refractivity contribution is 7.80. The highest BCUT2D eigenvalue weighted by atomic mass is 32.1. The molecular weight excluding hydrogens is 181 g/mol. The number of halogens is 1. The number of hydrogen-bond donors (Lipinski definition) is 3. The van der Waals surface area contributed by atoms with E-state index in [4.69, 9.17) is 5.11 Å². The predicted octanol–water partition coefficient (Wildman–Crippen LogP) is 0.831. The summed E-state index contributed by atoms with van der Waals surface area (Å²) in [7, 11) is 0. The average molecular weight is 193 g/mol. The monoisotopic (exact) mass is 193 g/mol. The van der Waals surface area contributed by atoms with Gasteiger partial charge in [-0.3, -0.25) is 10.1 Å². The first-order chi connectivity index (χ1) is 5.61. The van der Waals surface area contributed by atoms with Crippen LogP contribution in [-0.2, 0) is 4.79 Å². The largest absolute Gasteiger partial charge is 0.480 e. The van der Waals surface area contributed by atoms with Gasteiger partial charge in [-0.2, -0.15) is 12.6 Å². The van der Waals surface area contributed by atoms with Crippen molar-refractivity contribution in [1.29, 1.82) is 0 Å². The van der Waals surface area contributed by atoms with E-state index in [1.165, 1.54) is 0 Å². The van der Waals surface area contributed by atoms with E-state index in [9.17, 15) is 9.18 Å². The van der Waals surface area contributed by atoms with Gasteiger partial charge in [-0.1, -0.05) is 6.58 Å². The van der Waals surface area contributed by atoms with Crippen molar-refractivity contribution >= 4 is 18.6 Å². The van der Waals surface area contributed by atoms with Gasteiger partial charge in [-0.25, -0.2) is 4.39 Å². The summed E-state index contributed by atoms with van der Waals surface area (Å²) in [4.78, 5) is 10.4. The van der Waals surface area contributed by atoms with E-state index in [1.54, 1.807) is 0 Å². The summed E-state index contributed by atoms with van der Waals surface area (Å²) >= 11 is 3.85. The molecule has 0 rings (SSSR count). The smallest absolute Gasteiger partial charge is 0.320 e. The van der Waals surface area contributed by atoms with Crippen molar-refractivity contribution in [3.05, 3.63) is 12.7 Å². The fourth-order valence-corrected chi connectivity index (χ4v) is 0.926. The molecule has 0 saturated carbocycles. The second-order valence-corrected chi connectivity index (χ2v) is 2.65. The Morgan fingerprint density at radius 1 is 1.83 bits per heavy atom. The number of hydrogen-bond acceptors (Lipinski definition) is 3. The zero-order valence-electron chi connectivity index (χ0n) is 6.53. The first kappa shape index (κ1) is 11.4. The van der Waals surface area contributed by atoms with E-state index >= 15 is 0 Å². The Hall–Kier alpha value is -0.550. The minimum Gasteiger partial charge on any atom is -0.480 e. The van der Waals surface area contributed by atoms with Gasteiger partial charge in [0.25, 0.3) is 0 Å². The number of nitrogens with one attached hydrogen (secondary N) is 1. The molecule has 0 amide bonds. The van der Waals surface area contributed by atoms with Crippen molar-refractivity contribution in [2.45, 2.75) is 18.8 Å². The van der Waals surface area contributed by atoms with E-state index in [2.05, 4.69) is 24.5 Å². The van der Waals surface area contributed by atoms with E-state index < -0.39 is 18.3 Å². The van der Waals surface area contributed by atoms with Gasteiger partial charge < -0.3 is 5.11 Å². The van der Waals surface area contributed by atoms with Gasteiger partial charge in [0.2, 0.25) is 0 Å². The summed E-state index contributed by atoms with van der Waals surface area (Å²) in [6.45, 7) is 3.18. The van der Waals surface area contributed by atoms with Crippen LogP contribution in [0, 0.1) is 0 Å². The zero-order chi connectivity index (χ0) is 9.56. The number of rotatable bonds is 6. The van der Waals surface area contributed by atoms with E-state index in [1.807, 2.05) is 0 Å². The molecule has 0 aliphatic heterocycles. The second-order valence-electron chi connectivity index (χ2n) is 2.21. The highest BCUT2D eigenvalue weighted by Crippen LogP contribution is 1.98. The molecule has 0 aromatic carbocycles. The van der Waals surface area contributed by atoms with Gasteiger partial charge in [-0.15, -0.1) is 0 Å². The van der Waals surface area contributed by atoms with Crippen LogP contribution < -0.4 is 5.32 Å². The molecule has 3 nitrogen and oxygen atoms in total. The molecule has 0 heterocycles. The third-order valence-electron chi connectivity index (χ3n) is 1.28. The lowest BCUT2D eigenvalue weighted by molar-refractivity contribution is -0.140. The standard InChI is InChI=1S/C7H12FNO2S/c1-2-6(8)9-5(3-4-12)7(10)11/h2,5-6,9,12H,1,3-4H2,(H,10,11). The summed E-state index contributed by atoms with van der Waals surface area (Å²) in [6.07, 6.45) is -0.188. The fraction of sp³-hybridized carbons (Fsp3) is 0.571. The molecule has 0 fully saturated rings. The Labute approximate surface area is 76.1 Å². The van der Waals surface area contributed by atoms with Crippen LogP contribution in [0.3, 0.4) is 0 Å². The summed E-state index contributed by atoms with van der Waals surface area (Å²) in [5.41, 5.74) is 0. The Kier molecular flexibility index (Phi) is 5.74. The Bertz CT molecular complexity index is 165. The maximum absolute atomic E-state index is 12.5. The van der Waals surface area contributed by atoms with Gasteiger partial charge in [0.15, 0.2) is 6.30 Å². The van der Waals surface area contributed by atoms with Crippen LogP contribution in [0.2, 0.25) is 0 Å². The molecule has 0 aromatic rings. The summed E-state index contributed by atoms with van der Waals surface area (Å²) in [5, 5.41) is 10.8. The molecule has 0 spiro atoms. The van der Waals surface area contributed by atoms with E-state index in [0.717, 1.165) is 6.08 Å². The predicted molar refractivity (Wildman–Crippen MR) is 48.1 cm³/mol. The number of aliphatic carboxylic acids is 1. The van der Waals surface area contributed by atoms with Crippen LogP contribution in [0.5, 0.6) is 0 Å². The summed E-state index contributed by atoms with van der Waals surface area (Å²) < 4.78 is 12.5. The number of thiol groups is 1. The van der Waals surface area contributed by atoms with Crippen LogP contribution in [0.1, 0.15) is 6.42 Å². The van der Waals surface area contributed by atoms with Crippen LogP contribution in [-0.4, -0.2) is 29.2 Å². The molecular formula is C7H12FNO2S. The number of carbonyl (C=O) groups is 1. The molecule has 2 atom stereocenters. The van der Waals surface area contributed by atoms with Crippen molar-refractivity contribution in [3.8, 4) is 0 Å². The summed E-state index contributed by atoms with van der Waals surface area (Å²) in [6, 6.07) is -0.893. The molecule has 0 aliphatic carbocycles. The van der Waals surface area contributed by atoms with Crippen molar-refractivity contribution in [3.63, 3.8) is 0 Å². The Morgan fingerprint density at radius 2 is 2.42 bits per heavy atom. The molecule has 5 heteroatoms. The third-order valence-corrected chi connectivity index (χ3v) is 1.54. The first-order valence-electron chi connectivity index (χ1n) is 3.48. The zero-order valence-corrected chi connectivity index (χ0v) is 7.43. The van der Waals surface area contributed by atoms with Crippen molar-refractivity contribution in [2.75, 3.05) is 5.75 Å². The van der Waals surface area contributed by atoms with Crippen LogP contribution in [0.4, 0.5) is 4.39 Å². The molecule has 2 unspecified atom stereocenters. The third kappa shape index (κ3) is 4.35. The Balaban J connectivity index is 3.94. The number of carboxylic acids is 1.